The van der Waals surface area contributed by atoms with Gasteiger partial charge >= 0.3 is 0 Å². The van der Waals surface area contributed by atoms with E-state index < -0.39 is 0 Å². The standard InChI is InChI=1S/C13H16BrNO2/c1-2-3-8-17-9-7-15-13(16)11-5-4-6-12(14)10-11/h2,4-6,10H,1,3,7-9H2,(H,15,16). The van der Waals surface area contributed by atoms with Crippen LogP contribution in [0.1, 0.15) is 16.8 Å². The summed E-state index contributed by atoms with van der Waals surface area (Å²) in [6.07, 6.45) is 2.64. The van der Waals surface area contributed by atoms with Gasteiger partial charge in [-0.15, -0.1) is 6.58 Å². The van der Waals surface area contributed by atoms with Crippen molar-refractivity contribution < 1.29 is 9.53 Å². The monoisotopic (exact) mass is 297 g/mol. The van der Waals surface area contributed by atoms with Crippen LogP contribution < -0.4 is 5.32 Å². The Bertz CT molecular complexity index is 379. The van der Waals surface area contributed by atoms with Crippen LogP contribution in [0, 0.1) is 0 Å². The minimum Gasteiger partial charge on any atom is -0.379 e. The van der Waals surface area contributed by atoms with Crippen LogP contribution in [-0.4, -0.2) is 25.7 Å². The normalized spacial score (nSPS) is 9.94. The summed E-state index contributed by atoms with van der Waals surface area (Å²) in [6.45, 7) is 5.29. The second-order valence-electron chi connectivity index (χ2n) is 3.46. The van der Waals surface area contributed by atoms with Gasteiger partial charge in [-0.1, -0.05) is 28.1 Å². The summed E-state index contributed by atoms with van der Waals surface area (Å²) < 4.78 is 6.18. The summed E-state index contributed by atoms with van der Waals surface area (Å²) in [5, 5.41) is 2.79. The SMILES string of the molecule is C=CCCOCCNC(=O)c1cccc(Br)c1. The number of carbonyl (C=O) groups excluding carboxylic acids is 1. The molecule has 4 heteroatoms. The molecule has 1 N–H and O–H groups in total. The third-order valence-corrected chi connectivity index (χ3v) is 2.58. The number of hydrogen-bond acceptors (Lipinski definition) is 2. The Kier molecular flexibility index (Phi) is 6.58. The van der Waals surface area contributed by atoms with E-state index in [1.54, 1.807) is 18.2 Å². The topological polar surface area (TPSA) is 38.3 Å². The maximum Gasteiger partial charge on any atom is 0.251 e. The van der Waals surface area contributed by atoms with Crippen LogP contribution in [0.2, 0.25) is 0 Å². The number of nitrogens with one attached hydrogen (secondary N) is 1. The number of carbonyl (C=O) groups is 1. The van der Waals surface area contributed by atoms with Crippen molar-refractivity contribution in [3.63, 3.8) is 0 Å². The third kappa shape index (κ3) is 5.65. The highest BCUT2D eigenvalue weighted by molar-refractivity contribution is 9.10. The number of halogens is 1. The molecule has 0 aliphatic heterocycles. The number of rotatable bonds is 7. The average molecular weight is 298 g/mol. The maximum absolute atomic E-state index is 11.7. The van der Waals surface area contributed by atoms with Crippen molar-refractivity contribution >= 4 is 21.8 Å². The van der Waals surface area contributed by atoms with Crippen LogP contribution in [0.15, 0.2) is 41.4 Å². The molecule has 3 nitrogen and oxygen atoms in total. The zero-order valence-electron chi connectivity index (χ0n) is 9.62. The second-order valence-corrected chi connectivity index (χ2v) is 4.37. The molecule has 1 aromatic rings. The number of ether oxygens (including phenoxy) is 1. The molecule has 17 heavy (non-hydrogen) atoms. The fraction of sp³-hybridized carbons (Fsp3) is 0.308. The van der Waals surface area contributed by atoms with Crippen LogP contribution in [0.25, 0.3) is 0 Å². The molecule has 0 aliphatic carbocycles. The van der Waals surface area contributed by atoms with Crippen molar-refractivity contribution in [1.82, 2.24) is 5.32 Å². The molecule has 1 amide bonds. The van der Waals surface area contributed by atoms with E-state index in [1.807, 2.05) is 12.1 Å². The maximum atomic E-state index is 11.7. The Hall–Kier alpha value is -1.13. The number of hydrogen-bond donors (Lipinski definition) is 1. The Labute approximate surface area is 110 Å². The smallest absolute Gasteiger partial charge is 0.251 e. The second kappa shape index (κ2) is 8.03. The highest BCUT2D eigenvalue weighted by Crippen LogP contribution is 2.11. The molecule has 1 aromatic carbocycles. The predicted octanol–water partition coefficient (Wildman–Crippen LogP) is 2.77. The molecule has 0 heterocycles. The summed E-state index contributed by atoms with van der Waals surface area (Å²) in [5.41, 5.74) is 0.644. The lowest BCUT2D eigenvalue weighted by molar-refractivity contribution is 0.0918. The van der Waals surface area contributed by atoms with Crippen molar-refractivity contribution in [3.8, 4) is 0 Å². The van der Waals surface area contributed by atoms with Crippen molar-refractivity contribution in [2.24, 2.45) is 0 Å². The fourth-order valence-electron chi connectivity index (χ4n) is 1.24. The lowest BCUT2D eigenvalue weighted by Gasteiger charge is -2.06. The molecule has 0 unspecified atom stereocenters. The molecule has 0 fully saturated rings. The van der Waals surface area contributed by atoms with Crippen LogP contribution >= 0.6 is 15.9 Å². The van der Waals surface area contributed by atoms with Crippen molar-refractivity contribution in [2.45, 2.75) is 6.42 Å². The van der Waals surface area contributed by atoms with E-state index in [0.29, 0.717) is 25.3 Å². The van der Waals surface area contributed by atoms with Gasteiger partial charge in [0.1, 0.15) is 0 Å². The molecule has 0 aromatic heterocycles. The highest BCUT2D eigenvalue weighted by atomic mass is 79.9. The summed E-state index contributed by atoms with van der Waals surface area (Å²) >= 11 is 3.33. The van der Waals surface area contributed by atoms with Gasteiger partial charge in [0.05, 0.1) is 13.2 Å². The van der Waals surface area contributed by atoms with E-state index >= 15 is 0 Å². The van der Waals surface area contributed by atoms with Crippen molar-refractivity contribution in [1.29, 1.82) is 0 Å². The first-order chi connectivity index (χ1) is 8.24. The lowest BCUT2D eigenvalue weighted by atomic mass is 10.2. The molecule has 1 rings (SSSR count). The zero-order valence-corrected chi connectivity index (χ0v) is 11.2. The summed E-state index contributed by atoms with van der Waals surface area (Å²) in [7, 11) is 0. The highest BCUT2D eigenvalue weighted by Gasteiger charge is 2.04. The van der Waals surface area contributed by atoms with Gasteiger partial charge in [0.2, 0.25) is 0 Å². The van der Waals surface area contributed by atoms with Crippen molar-refractivity contribution in [2.75, 3.05) is 19.8 Å². The first-order valence-corrected chi connectivity index (χ1v) is 6.25. The number of amides is 1. The number of benzene rings is 1. The Balaban J connectivity index is 2.23. The first-order valence-electron chi connectivity index (χ1n) is 5.46. The van der Waals surface area contributed by atoms with Gasteiger partial charge in [-0.25, -0.2) is 0 Å². The van der Waals surface area contributed by atoms with E-state index in [-0.39, 0.29) is 5.91 Å². The van der Waals surface area contributed by atoms with Crippen LogP contribution in [-0.2, 0) is 4.74 Å². The van der Waals surface area contributed by atoms with Gasteiger partial charge in [0, 0.05) is 16.6 Å². The summed E-state index contributed by atoms with van der Waals surface area (Å²) in [6, 6.07) is 7.28. The van der Waals surface area contributed by atoms with Gasteiger partial charge in [0.25, 0.3) is 5.91 Å². The van der Waals surface area contributed by atoms with Crippen molar-refractivity contribution in [3.05, 3.63) is 47.0 Å². The first kappa shape index (κ1) is 13.9. The summed E-state index contributed by atoms with van der Waals surface area (Å²) in [4.78, 5) is 11.7. The Morgan fingerprint density at radius 1 is 1.47 bits per heavy atom. The molecule has 92 valence electrons. The Morgan fingerprint density at radius 2 is 2.29 bits per heavy atom. The molecule has 0 saturated heterocycles. The van der Waals surface area contributed by atoms with Crippen LogP contribution in [0.3, 0.4) is 0 Å². The zero-order chi connectivity index (χ0) is 12.5. The minimum atomic E-state index is -0.0846. The van der Waals surface area contributed by atoms with Crippen LogP contribution in [0.4, 0.5) is 0 Å². The molecule has 0 bridgehead atoms. The Morgan fingerprint density at radius 3 is 3.00 bits per heavy atom. The van der Waals surface area contributed by atoms with E-state index in [0.717, 1.165) is 10.9 Å². The van der Waals surface area contributed by atoms with Gasteiger partial charge < -0.3 is 10.1 Å². The largest absolute Gasteiger partial charge is 0.379 e. The van der Waals surface area contributed by atoms with Crippen LogP contribution in [0.5, 0.6) is 0 Å². The minimum absolute atomic E-state index is 0.0846. The van der Waals surface area contributed by atoms with Gasteiger partial charge in [0.15, 0.2) is 0 Å². The van der Waals surface area contributed by atoms with E-state index in [4.69, 9.17) is 4.74 Å². The molecular weight excluding hydrogens is 282 g/mol. The molecule has 0 saturated carbocycles. The predicted molar refractivity (Wildman–Crippen MR) is 72.1 cm³/mol. The molecule has 0 radical (unpaired) electrons. The van der Waals surface area contributed by atoms with Gasteiger partial charge in [-0.3, -0.25) is 4.79 Å². The molecule has 0 spiro atoms. The quantitative estimate of drug-likeness (QED) is 0.621. The lowest BCUT2D eigenvalue weighted by Crippen LogP contribution is -2.27. The van der Waals surface area contributed by atoms with E-state index in [2.05, 4.69) is 27.8 Å². The average Bonchev–Trinajstić information content (AvgIpc) is 2.33. The van der Waals surface area contributed by atoms with Gasteiger partial charge in [-0.05, 0) is 24.6 Å². The summed E-state index contributed by atoms with van der Waals surface area (Å²) in [5.74, 6) is -0.0846. The molecule has 0 aliphatic rings. The third-order valence-electron chi connectivity index (χ3n) is 2.09. The molecule has 0 atom stereocenters. The van der Waals surface area contributed by atoms with E-state index in [9.17, 15) is 4.79 Å². The fourth-order valence-corrected chi connectivity index (χ4v) is 1.64. The van der Waals surface area contributed by atoms with Gasteiger partial charge in [-0.2, -0.15) is 0 Å². The van der Waals surface area contributed by atoms with E-state index in [1.165, 1.54) is 0 Å². The molecular formula is C13H16BrNO2.